The number of hydrogen-bond acceptors (Lipinski definition) is 7. The van der Waals surface area contributed by atoms with Crippen LogP contribution in [0.2, 0.25) is 0 Å². The van der Waals surface area contributed by atoms with Gasteiger partial charge in [-0.1, -0.05) is 6.07 Å². The number of thiazole rings is 1. The normalized spacial score (nSPS) is 16.8. The molecule has 0 aromatic carbocycles. The monoisotopic (exact) mass is 436 g/mol. The van der Waals surface area contributed by atoms with Gasteiger partial charge in [0.1, 0.15) is 5.82 Å². The molecule has 1 amide bonds. The Bertz CT molecular complexity index is 1070. The minimum absolute atomic E-state index is 0.0137. The first-order valence-electron chi connectivity index (χ1n) is 10.6. The summed E-state index contributed by atoms with van der Waals surface area (Å²) in [5.74, 6) is 1.15. The quantitative estimate of drug-likeness (QED) is 0.595. The molecule has 1 aliphatic rings. The summed E-state index contributed by atoms with van der Waals surface area (Å²) in [7, 11) is 0. The Labute approximate surface area is 187 Å². The molecule has 3 aromatic rings. The summed E-state index contributed by atoms with van der Waals surface area (Å²) in [6, 6.07) is 8.14. The SMILES string of the molecule is Cc1cc(Nc2ncccc2C)cc([C@H]2CCCN(CC(=O)Nc3ncc(C)s3)C2)n1. The Hall–Kier alpha value is -2.84. The molecule has 2 N–H and O–H groups in total. The van der Waals surface area contributed by atoms with Crippen molar-refractivity contribution in [3.05, 3.63) is 58.5 Å². The number of rotatable bonds is 6. The first-order valence-corrected chi connectivity index (χ1v) is 11.4. The second-order valence-corrected chi connectivity index (χ2v) is 9.35. The highest BCUT2D eigenvalue weighted by Gasteiger charge is 2.24. The topological polar surface area (TPSA) is 83.0 Å². The van der Waals surface area contributed by atoms with Crippen molar-refractivity contribution in [1.82, 2.24) is 19.9 Å². The summed E-state index contributed by atoms with van der Waals surface area (Å²) in [6.07, 6.45) is 5.69. The molecular weight excluding hydrogens is 408 g/mol. The number of pyridine rings is 2. The number of hydrogen-bond donors (Lipinski definition) is 2. The van der Waals surface area contributed by atoms with Crippen molar-refractivity contribution in [2.24, 2.45) is 0 Å². The fourth-order valence-corrected chi connectivity index (χ4v) is 4.62. The van der Waals surface area contributed by atoms with Gasteiger partial charge in [-0.2, -0.15) is 0 Å². The fraction of sp³-hybridized carbons (Fsp3) is 0.391. The van der Waals surface area contributed by atoms with E-state index in [1.165, 1.54) is 11.3 Å². The predicted octanol–water partition coefficient (Wildman–Crippen LogP) is 4.42. The molecule has 1 fully saturated rings. The van der Waals surface area contributed by atoms with Crippen molar-refractivity contribution in [1.29, 1.82) is 0 Å². The summed E-state index contributed by atoms with van der Waals surface area (Å²) in [6.45, 7) is 8.16. The molecule has 1 atom stereocenters. The molecule has 7 nitrogen and oxygen atoms in total. The molecule has 162 valence electrons. The van der Waals surface area contributed by atoms with Crippen LogP contribution < -0.4 is 10.6 Å². The van der Waals surface area contributed by atoms with Crippen LogP contribution in [0.15, 0.2) is 36.7 Å². The Morgan fingerprint density at radius 1 is 1.26 bits per heavy atom. The number of amides is 1. The molecule has 0 unspecified atom stereocenters. The molecule has 0 spiro atoms. The van der Waals surface area contributed by atoms with Crippen LogP contribution in [0.4, 0.5) is 16.6 Å². The zero-order chi connectivity index (χ0) is 21.8. The van der Waals surface area contributed by atoms with Gasteiger partial charge < -0.3 is 10.6 Å². The van der Waals surface area contributed by atoms with E-state index in [9.17, 15) is 4.79 Å². The summed E-state index contributed by atoms with van der Waals surface area (Å²) >= 11 is 1.50. The Balaban J connectivity index is 1.42. The van der Waals surface area contributed by atoms with Crippen LogP contribution in [0, 0.1) is 20.8 Å². The average Bonchev–Trinajstić information content (AvgIpc) is 3.14. The van der Waals surface area contributed by atoms with Crippen molar-refractivity contribution in [2.75, 3.05) is 30.3 Å². The van der Waals surface area contributed by atoms with Gasteiger partial charge in [-0.3, -0.25) is 14.7 Å². The van der Waals surface area contributed by atoms with Gasteiger partial charge in [0.25, 0.3) is 0 Å². The predicted molar refractivity (Wildman–Crippen MR) is 125 cm³/mol. The number of nitrogens with one attached hydrogen (secondary N) is 2. The van der Waals surface area contributed by atoms with E-state index in [2.05, 4.69) is 31.6 Å². The summed E-state index contributed by atoms with van der Waals surface area (Å²) in [5.41, 5.74) is 4.14. The van der Waals surface area contributed by atoms with Crippen molar-refractivity contribution < 1.29 is 4.79 Å². The first-order chi connectivity index (χ1) is 15.0. The third-order valence-electron chi connectivity index (χ3n) is 5.40. The third kappa shape index (κ3) is 5.65. The minimum Gasteiger partial charge on any atom is -0.340 e. The lowest BCUT2D eigenvalue weighted by Gasteiger charge is -2.32. The first kappa shape index (κ1) is 21.4. The van der Waals surface area contributed by atoms with E-state index in [1.807, 2.05) is 39.0 Å². The number of piperidine rings is 1. The van der Waals surface area contributed by atoms with Gasteiger partial charge in [0.2, 0.25) is 5.91 Å². The minimum atomic E-state index is -0.0137. The molecule has 4 rings (SSSR count). The highest BCUT2D eigenvalue weighted by atomic mass is 32.1. The highest BCUT2D eigenvalue weighted by molar-refractivity contribution is 7.15. The maximum Gasteiger partial charge on any atom is 0.240 e. The Kier molecular flexibility index (Phi) is 6.58. The zero-order valence-corrected chi connectivity index (χ0v) is 19.0. The van der Waals surface area contributed by atoms with Gasteiger partial charge in [-0.05, 0) is 63.9 Å². The third-order valence-corrected chi connectivity index (χ3v) is 6.23. The standard InChI is InChI=1S/C23H28N6OS/c1-15-6-4-8-24-22(15)27-19-10-16(2)26-20(11-19)18-7-5-9-29(13-18)14-21(30)28-23-25-12-17(3)31-23/h4,6,8,10-12,18H,5,7,9,13-14H2,1-3H3,(H,24,26,27)(H,25,28,30)/t18-/m0/s1. The molecular formula is C23H28N6OS. The second-order valence-electron chi connectivity index (χ2n) is 8.11. The van der Waals surface area contributed by atoms with Gasteiger partial charge in [0.15, 0.2) is 5.13 Å². The number of carbonyl (C=O) groups excluding carboxylic acids is 1. The number of nitrogens with zero attached hydrogens (tertiary/aromatic N) is 4. The number of carbonyl (C=O) groups is 1. The smallest absolute Gasteiger partial charge is 0.240 e. The van der Waals surface area contributed by atoms with Crippen LogP contribution >= 0.6 is 11.3 Å². The van der Waals surface area contributed by atoms with E-state index in [1.54, 1.807) is 12.4 Å². The van der Waals surface area contributed by atoms with E-state index < -0.39 is 0 Å². The Morgan fingerprint density at radius 3 is 2.90 bits per heavy atom. The lowest BCUT2D eigenvalue weighted by molar-refractivity contribution is -0.117. The van der Waals surface area contributed by atoms with E-state index >= 15 is 0 Å². The second kappa shape index (κ2) is 9.53. The molecule has 8 heteroatoms. The lowest BCUT2D eigenvalue weighted by atomic mass is 9.93. The largest absolute Gasteiger partial charge is 0.340 e. The van der Waals surface area contributed by atoms with Gasteiger partial charge in [0.05, 0.1) is 6.54 Å². The van der Waals surface area contributed by atoms with Gasteiger partial charge in [0, 0.05) is 46.8 Å². The maximum absolute atomic E-state index is 12.5. The van der Waals surface area contributed by atoms with Crippen LogP contribution in [0.3, 0.4) is 0 Å². The number of aryl methyl sites for hydroxylation is 3. The van der Waals surface area contributed by atoms with Crippen LogP contribution in [-0.4, -0.2) is 45.4 Å². The van der Waals surface area contributed by atoms with Crippen molar-refractivity contribution >= 4 is 33.9 Å². The molecule has 0 aliphatic carbocycles. The molecule has 1 saturated heterocycles. The van der Waals surface area contributed by atoms with Gasteiger partial charge in [-0.15, -0.1) is 11.3 Å². The van der Waals surface area contributed by atoms with Crippen molar-refractivity contribution in [3.63, 3.8) is 0 Å². The van der Waals surface area contributed by atoms with E-state index in [4.69, 9.17) is 4.98 Å². The average molecular weight is 437 g/mol. The lowest BCUT2D eigenvalue weighted by Crippen LogP contribution is -2.40. The molecule has 0 saturated carbocycles. The molecule has 1 aliphatic heterocycles. The fourth-order valence-electron chi connectivity index (χ4n) is 3.94. The van der Waals surface area contributed by atoms with Crippen LogP contribution in [-0.2, 0) is 4.79 Å². The highest BCUT2D eigenvalue weighted by Crippen LogP contribution is 2.29. The Morgan fingerprint density at radius 2 is 2.13 bits per heavy atom. The van der Waals surface area contributed by atoms with E-state index in [-0.39, 0.29) is 5.91 Å². The van der Waals surface area contributed by atoms with Crippen LogP contribution in [0.5, 0.6) is 0 Å². The van der Waals surface area contributed by atoms with Gasteiger partial charge >= 0.3 is 0 Å². The molecule has 4 heterocycles. The number of likely N-dealkylation sites (tertiary alicyclic amines) is 1. The number of aromatic nitrogens is 3. The molecule has 0 radical (unpaired) electrons. The summed E-state index contributed by atoms with van der Waals surface area (Å²) in [4.78, 5) is 29.2. The zero-order valence-electron chi connectivity index (χ0n) is 18.2. The van der Waals surface area contributed by atoms with Crippen molar-refractivity contribution in [2.45, 2.75) is 39.5 Å². The molecule has 0 bridgehead atoms. The van der Waals surface area contributed by atoms with Gasteiger partial charge in [-0.25, -0.2) is 9.97 Å². The van der Waals surface area contributed by atoms with Crippen LogP contribution in [0.1, 0.15) is 40.6 Å². The van der Waals surface area contributed by atoms with Crippen LogP contribution in [0.25, 0.3) is 0 Å². The molecule has 31 heavy (non-hydrogen) atoms. The summed E-state index contributed by atoms with van der Waals surface area (Å²) < 4.78 is 0. The van der Waals surface area contributed by atoms with Crippen molar-refractivity contribution in [3.8, 4) is 0 Å². The van der Waals surface area contributed by atoms with E-state index in [0.717, 1.165) is 59.3 Å². The summed E-state index contributed by atoms with van der Waals surface area (Å²) in [5, 5.41) is 7.00. The van der Waals surface area contributed by atoms with E-state index in [0.29, 0.717) is 17.6 Å². The maximum atomic E-state index is 12.5. The molecule has 3 aromatic heterocycles. The number of anilines is 3.